The van der Waals surface area contributed by atoms with Crippen molar-refractivity contribution in [1.29, 1.82) is 0 Å². The second-order valence-corrected chi connectivity index (χ2v) is 7.32. The summed E-state index contributed by atoms with van der Waals surface area (Å²) in [6.45, 7) is 13.2. The van der Waals surface area contributed by atoms with Crippen LogP contribution >= 0.6 is 11.3 Å². The number of anilines is 1. The van der Waals surface area contributed by atoms with Crippen molar-refractivity contribution in [1.82, 2.24) is 10.3 Å². The first-order valence-corrected chi connectivity index (χ1v) is 8.68. The van der Waals surface area contributed by atoms with E-state index in [-0.39, 0.29) is 0 Å². The molecule has 20 heavy (non-hydrogen) atoms. The molecule has 0 aromatic carbocycles. The van der Waals surface area contributed by atoms with E-state index in [4.69, 9.17) is 4.98 Å². The molecule has 0 bridgehead atoms. The van der Waals surface area contributed by atoms with Crippen LogP contribution in [0.25, 0.3) is 0 Å². The molecule has 0 aliphatic carbocycles. The first-order chi connectivity index (χ1) is 9.43. The lowest BCUT2D eigenvalue weighted by Crippen LogP contribution is -2.21. The molecule has 1 aromatic heterocycles. The minimum Gasteiger partial charge on any atom is -0.351 e. The zero-order valence-corrected chi connectivity index (χ0v) is 14.8. The van der Waals surface area contributed by atoms with E-state index < -0.39 is 0 Å². The molecule has 0 atom stereocenters. The molecule has 1 N–H and O–H groups in total. The molecular weight excluding hydrogens is 266 g/mol. The SMILES string of the molecule is CCCc1nc(N(C)CCC(C)C)sc1CNC(C)C. The van der Waals surface area contributed by atoms with Gasteiger partial charge >= 0.3 is 0 Å². The molecule has 0 radical (unpaired) electrons. The fourth-order valence-electron chi connectivity index (χ4n) is 1.95. The van der Waals surface area contributed by atoms with Gasteiger partial charge in [0.1, 0.15) is 0 Å². The minimum atomic E-state index is 0.522. The molecule has 0 amide bonds. The zero-order chi connectivity index (χ0) is 15.1. The lowest BCUT2D eigenvalue weighted by atomic mass is 10.1. The Labute approximate surface area is 128 Å². The summed E-state index contributed by atoms with van der Waals surface area (Å²) in [6.07, 6.45) is 3.47. The molecule has 1 heterocycles. The van der Waals surface area contributed by atoms with Gasteiger partial charge in [0.25, 0.3) is 0 Å². The van der Waals surface area contributed by atoms with Gasteiger partial charge in [-0.15, -0.1) is 11.3 Å². The topological polar surface area (TPSA) is 28.2 Å². The molecule has 1 aromatic rings. The van der Waals surface area contributed by atoms with E-state index in [1.54, 1.807) is 0 Å². The Balaban J connectivity index is 2.73. The zero-order valence-electron chi connectivity index (χ0n) is 14.0. The van der Waals surface area contributed by atoms with Crippen molar-refractivity contribution in [3.63, 3.8) is 0 Å². The number of aryl methyl sites for hydroxylation is 1. The van der Waals surface area contributed by atoms with Crippen molar-refractivity contribution in [3.05, 3.63) is 10.6 Å². The smallest absolute Gasteiger partial charge is 0.185 e. The lowest BCUT2D eigenvalue weighted by Gasteiger charge is -2.16. The Kier molecular flexibility index (Phi) is 7.52. The van der Waals surface area contributed by atoms with Gasteiger partial charge in [-0.05, 0) is 18.8 Å². The Bertz CT molecular complexity index is 385. The maximum atomic E-state index is 4.86. The molecule has 0 saturated carbocycles. The van der Waals surface area contributed by atoms with Crippen molar-refractivity contribution < 1.29 is 0 Å². The van der Waals surface area contributed by atoms with Gasteiger partial charge in [0.15, 0.2) is 5.13 Å². The Morgan fingerprint density at radius 3 is 2.50 bits per heavy atom. The predicted molar refractivity (Wildman–Crippen MR) is 90.8 cm³/mol. The standard InChI is InChI=1S/C16H31N3S/c1-7-8-14-15(11-17-13(4)5)20-16(18-14)19(6)10-9-12(2)3/h12-13,17H,7-11H2,1-6H3. The molecule has 0 spiro atoms. The van der Waals surface area contributed by atoms with Crippen LogP contribution in [0.15, 0.2) is 0 Å². The molecule has 0 fully saturated rings. The largest absolute Gasteiger partial charge is 0.351 e. The second-order valence-electron chi connectivity index (χ2n) is 6.26. The molecule has 0 unspecified atom stereocenters. The highest BCUT2D eigenvalue weighted by atomic mass is 32.1. The van der Waals surface area contributed by atoms with Gasteiger partial charge in [0.05, 0.1) is 5.69 Å². The summed E-state index contributed by atoms with van der Waals surface area (Å²) in [5.74, 6) is 0.745. The molecule has 3 nitrogen and oxygen atoms in total. The number of hydrogen-bond acceptors (Lipinski definition) is 4. The third kappa shape index (κ3) is 5.80. The van der Waals surface area contributed by atoms with Crippen molar-refractivity contribution in [2.45, 2.75) is 66.5 Å². The maximum Gasteiger partial charge on any atom is 0.185 e. The number of hydrogen-bond donors (Lipinski definition) is 1. The summed E-state index contributed by atoms with van der Waals surface area (Å²) in [6, 6.07) is 0.522. The first kappa shape index (κ1) is 17.4. The van der Waals surface area contributed by atoms with E-state index in [9.17, 15) is 0 Å². The third-order valence-corrected chi connectivity index (χ3v) is 4.50. The predicted octanol–water partition coefficient (Wildman–Crippen LogP) is 4.08. The molecule has 1 rings (SSSR count). The van der Waals surface area contributed by atoms with E-state index in [1.807, 2.05) is 11.3 Å². The summed E-state index contributed by atoms with van der Waals surface area (Å²) in [7, 11) is 2.16. The monoisotopic (exact) mass is 297 g/mol. The van der Waals surface area contributed by atoms with Gasteiger partial charge in [-0.25, -0.2) is 4.98 Å². The first-order valence-electron chi connectivity index (χ1n) is 7.87. The fraction of sp³-hybridized carbons (Fsp3) is 0.812. The van der Waals surface area contributed by atoms with E-state index >= 15 is 0 Å². The number of nitrogens with one attached hydrogen (secondary N) is 1. The molecule has 116 valence electrons. The Morgan fingerprint density at radius 2 is 1.95 bits per heavy atom. The van der Waals surface area contributed by atoms with Crippen molar-refractivity contribution >= 4 is 16.5 Å². The Morgan fingerprint density at radius 1 is 1.25 bits per heavy atom. The summed E-state index contributed by atoms with van der Waals surface area (Å²) in [4.78, 5) is 8.58. The van der Waals surface area contributed by atoms with Crippen molar-refractivity contribution in [2.24, 2.45) is 5.92 Å². The summed E-state index contributed by atoms with van der Waals surface area (Å²) >= 11 is 1.85. The van der Waals surface area contributed by atoms with Crippen LogP contribution in [0.5, 0.6) is 0 Å². The Hall–Kier alpha value is -0.610. The number of rotatable bonds is 9. The van der Waals surface area contributed by atoms with Crippen LogP contribution in [0.2, 0.25) is 0 Å². The quantitative estimate of drug-likeness (QED) is 0.744. The highest BCUT2D eigenvalue weighted by Crippen LogP contribution is 2.27. The fourth-order valence-corrected chi connectivity index (χ4v) is 2.99. The van der Waals surface area contributed by atoms with Gasteiger partial charge in [-0.2, -0.15) is 0 Å². The second kappa shape index (κ2) is 8.63. The summed E-state index contributed by atoms with van der Waals surface area (Å²) in [5, 5.41) is 4.69. The van der Waals surface area contributed by atoms with Crippen molar-refractivity contribution in [2.75, 3.05) is 18.5 Å². The minimum absolute atomic E-state index is 0.522. The van der Waals surface area contributed by atoms with Gasteiger partial charge in [-0.3, -0.25) is 0 Å². The van der Waals surface area contributed by atoms with E-state index in [0.717, 1.165) is 31.8 Å². The van der Waals surface area contributed by atoms with Crippen LogP contribution in [0, 0.1) is 5.92 Å². The van der Waals surface area contributed by atoms with Crippen LogP contribution in [-0.4, -0.2) is 24.6 Å². The van der Waals surface area contributed by atoms with Crippen LogP contribution in [0.1, 0.15) is 58.0 Å². The van der Waals surface area contributed by atoms with E-state index in [1.165, 1.54) is 22.1 Å². The molecular formula is C16H31N3S. The van der Waals surface area contributed by atoms with Crippen LogP contribution < -0.4 is 10.2 Å². The molecule has 4 heteroatoms. The average Bonchev–Trinajstić information content (AvgIpc) is 2.77. The molecule has 0 aliphatic heterocycles. The highest BCUT2D eigenvalue weighted by Gasteiger charge is 2.14. The van der Waals surface area contributed by atoms with Gasteiger partial charge in [-0.1, -0.05) is 41.0 Å². The van der Waals surface area contributed by atoms with Crippen LogP contribution in [-0.2, 0) is 13.0 Å². The highest BCUT2D eigenvalue weighted by molar-refractivity contribution is 7.15. The lowest BCUT2D eigenvalue weighted by molar-refractivity contribution is 0.584. The average molecular weight is 298 g/mol. The van der Waals surface area contributed by atoms with Crippen LogP contribution in [0.4, 0.5) is 5.13 Å². The number of aromatic nitrogens is 1. The van der Waals surface area contributed by atoms with Gasteiger partial charge < -0.3 is 10.2 Å². The molecule has 0 aliphatic rings. The van der Waals surface area contributed by atoms with E-state index in [0.29, 0.717) is 6.04 Å². The summed E-state index contributed by atoms with van der Waals surface area (Å²) < 4.78 is 0. The molecule has 0 saturated heterocycles. The maximum absolute atomic E-state index is 4.86. The third-order valence-electron chi connectivity index (χ3n) is 3.29. The van der Waals surface area contributed by atoms with Gasteiger partial charge in [0.2, 0.25) is 0 Å². The summed E-state index contributed by atoms with van der Waals surface area (Å²) in [5.41, 5.74) is 1.29. The van der Waals surface area contributed by atoms with Crippen LogP contribution in [0.3, 0.4) is 0 Å². The number of thiazole rings is 1. The number of nitrogens with zero attached hydrogens (tertiary/aromatic N) is 2. The normalized spacial score (nSPS) is 11.6. The van der Waals surface area contributed by atoms with Crippen molar-refractivity contribution in [3.8, 4) is 0 Å². The van der Waals surface area contributed by atoms with Gasteiger partial charge in [0, 0.05) is 31.1 Å². The van der Waals surface area contributed by atoms with E-state index in [2.05, 4.69) is 51.9 Å².